The molecule has 0 aromatic rings. The van der Waals surface area contributed by atoms with Crippen molar-refractivity contribution >= 4 is 11.8 Å². The molecular formula is C7H16N4O2. The molecular weight excluding hydrogens is 172 g/mol. The highest BCUT2D eigenvalue weighted by atomic mass is 16.2. The number of amides is 2. The first-order chi connectivity index (χ1) is 6.07. The predicted molar refractivity (Wildman–Crippen MR) is 48.7 cm³/mol. The van der Waals surface area contributed by atoms with Crippen LogP contribution >= 0.6 is 0 Å². The van der Waals surface area contributed by atoms with Crippen LogP contribution in [0.3, 0.4) is 0 Å². The molecule has 0 saturated carbocycles. The highest BCUT2D eigenvalue weighted by molar-refractivity contribution is 5.87. The second-order valence-electron chi connectivity index (χ2n) is 2.67. The Morgan fingerprint density at radius 2 is 2.00 bits per heavy atom. The topological polar surface area (TPSA) is 110 Å². The highest BCUT2D eigenvalue weighted by Gasteiger charge is 2.14. The van der Waals surface area contributed by atoms with E-state index in [-0.39, 0.29) is 12.3 Å². The summed E-state index contributed by atoms with van der Waals surface area (Å²) in [6, 6.07) is -0.839. The lowest BCUT2D eigenvalue weighted by Crippen LogP contribution is -2.44. The zero-order valence-corrected chi connectivity index (χ0v) is 7.67. The first kappa shape index (κ1) is 11.9. The van der Waals surface area contributed by atoms with Crippen molar-refractivity contribution in [1.29, 1.82) is 0 Å². The Labute approximate surface area is 77.0 Å². The Kier molecular flexibility index (Phi) is 5.82. The standard InChI is InChI=1S/C7H16N4O2/c1-10-2-3-11-7(13)5(8)4-6(9)12/h5,10H,2-4,8H2,1H3,(H2,9,12)(H,11,13)/t5-/m0/s1. The van der Waals surface area contributed by atoms with Gasteiger partial charge in [-0.3, -0.25) is 9.59 Å². The fourth-order valence-corrected chi connectivity index (χ4v) is 0.751. The molecule has 0 aromatic heterocycles. The largest absolute Gasteiger partial charge is 0.370 e. The van der Waals surface area contributed by atoms with Crippen LogP contribution in [0.15, 0.2) is 0 Å². The van der Waals surface area contributed by atoms with Gasteiger partial charge in [0.1, 0.15) is 0 Å². The third-order valence-corrected chi connectivity index (χ3v) is 1.43. The van der Waals surface area contributed by atoms with Gasteiger partial charge in [-0.2, -0.15) is 0 Å². The Morgan fingerprint density at radius 1 is 1.38 bits per heavy atom. The molecule has 0 aliphatic carbocycles. The van der Waals surface area contributed by atoms with Gasteiger partial charge in [-0.25, -0.2) is 0 Å². The smallest absolute Gasteiger partial charge is 0.237 e. The molecule has 0 rings (SSSR count). The van der Waals surface area contributed by atoms with Crippen LogP contribution in [0.4, 0.5) is 0 Å². The van der Waals surface area contributed by atoms with Gasteiger partial charge in [-0.1, -0.05) is 0 Å². The molecule has 0 aliphatic heterocycles. The van der Waals surface area contributed by atoms with Crippen molar-refractivity contribution in [2.45, 2.75) is 12.5 Å². The van der Waals surface area contributed by atoms with Gasteiger partial charge < -0.3 is 22.1 Å². The average Bonchev–Trinajstić information content (AvgIpc) is 2.03. The summed E-state index contributed by atoms with van der Waals surface area (Å²) in [4.78, 5) is 21.5. The lowest BCUT2D eigenvalue weighted by molar-refractivity contribution is -0.126. The summed E-state index contributed by atoms with van der Waals surface area (Å²) < 4.78 is 0. The van der Waals surface area contributed by atoms with E-state index >= 15 is 0 Å². The van der Waals surface area contributed by atoms with E-state index in [1.54, 1.807) is 7.05 Å². The average molecular weight is 188 g/mol. The quantitative estimate of drug-likeness (QED) is 0.346. The minimum atomic E-state index is -0.839. The summed E-state index contributed by atoms with van der Waals surface area (Å²) in [5.74, 6) is -0.926. The summed E-state index contributed by atoms with van der Waals surface area (Å²) in [6.07, 6.45) is -0.120. The van der Waals surface area contributed by atoms with Gasteiger partial charge >= 0.3 is 0 Å². The lowest BCUT2D eigenvalue weighted by atomic mass is 10.2. The van der Waals surface area contributed by atoms with Crippen molar-refractivity contribution in [3.63, 3.8) is 0 Å². The van der Waals surface area contributed by atoms with Gasteiger partial charge in [0, 0.05) is 13.1 Å². The van der Waals surface area contributed by atoms with Gasteiger partial charge in [0.25, 0.3) is 0 Å². The summed E-state index contributed by atoms with van der Waals surface area (Å²) in [7, 11) is 1.77. The summed E-state index contributed by atoms with van der Waals surface area (Å²) in [5.41, 5.74) is 10.2. The first-order valence-electron chi connectivity index (χ1n) is 4.04. The normalized spacial score (nSPS) is 12.2. The molecule has 2 amide bonds. The van der Waals surface area contributed by atoms with Crippen LogP contribution in [0, 0.1) is 0 Å². The van der Waals surface area contributed by atoms with E-state index in [0.29, 0.717) is 13.1 Å². The van der Waals surface area contributed by atoms with Crippen LogP contribution in [0.25, 0.3) is 0 Å². The second-order valence-corrected chi connectivity index (χ2v) is 2.67. The number of carbonyl (C=O) groups is 2. The van der Waals surface area contributed by atoms with Gasteiger partial charge in [-0.05, 0) is 7.05 Å². The van der Waals surface area contributed by atoms with E-state index < -0.39 is 11.9 Å². The van der Waals surface area contributed by atoms with Crippen molar-refractivity contribution in [3.8, 4) is 0 Å². The number of likely N-dealkylation sites (N-methyl/N-ethyl adjacent to an activating group) is 1. The molecule has 0 aliphatic rings. The van der Waals surface area contributed by atoms with E-state index in [1.165, 1.54) is 0 Å². The maximum absolute atomic E-state index is 11.1. The fraction of sp³-hybridized carbons (Fsp3) is 0.714. The van der Waals surface area contributed by atoms with E-state index in [1.807, 2.05) is 0 Å². The molecule has 1 atom stereocenters. The van der Waals surface area contributed by atoms with E-state index in [2.05, 4.69) is 10.6 Å². The molecule has 0 radical (unpaired) electrons. The van der Waals surface area contributed by atoms with Crippen LogP contribution in [0.5, 0.6) is 0 Å². The molecule has 0 saturated heterocycles. The molecule has 6 N–H and O–H groups in total. The zero-order chi connectivity index (χ0) is 10.3. The molecule has 6 heteroatoms. The molecule has 0 heterocycles. The SMILES string of the molecule is CNCCNC(=O)[C@@H](N)CC(N)=O. The highest BCUT2D eigenvalue weighted by Crippen LogP contribution is 1.85. The third kappa shape index (κ3) is 6.06. The van der Waals surface area contributed by atoms with Crippen LogP contribution in [-0.4, -0.2) is 38.0 Å². The van der Waals surface area contributed by atoms with Gasteiger partial charge in [0.05, 0.1) is 12.5 Å². The van der Waals surface area contributed by atoms with Crippen molar-refractivity contribution in [1.82, 2.24) is 10.6 Å². The van der Waals surface area contributed by atoms with E-state index in [9.17, 15) is 9.59 Å². The number of nitrogens with one attached hydrogen (secondary N) is 2. The van der Waals surface area contributed by atoms with Crippen LogP contribution in [0.2, 0.25) is 0 Å². The molecule has 0 unspecified atom stereocenters. The van der Waals surface area contributed by atoms with Crippen molar-refractivity contribution in [2.75, 3.05) is 20.1 Å². The summed E-state index contributed by atoms with van der Waals surface area (Å²) in [6.45, 7) is 1.15. The fourth-order valence-electron chi connectivity index (χ4n) is 0.751. The number of primary amides is 1. The van der Waals surface area contributed by atoms with Crippen molar-refractivity contribution in [2.24, 2.45) is 11.5 Å². The minimum Gasteiger partial charge on any atom is -0.370 e. The van der Waals surface area contributed by atoms with Gasteiger partial charge in [0.15, 0.2) is 0 Å². The number of carbonyl (C=O) groups excluding carboxylic acids is 2. The molecule has 0 bridgehead atoms. The Hall–Kier alpha value is -1.14. The lowest BCUT2D eigenvalue weighted by Gasteiger charge is -2.09. The molecule has 13 heavy (non-hydrogen) atoms. The van der Waals surface area contributed by atoms with E-state index in [0.717, 1.165) is 0 Å². The minimum absolute atomic E-state index is 0.120. The molecule has 76 valence electrons. The molecule has 6 nitrogen and oxygen atoms in total. The maximum atomic E-state index is 11.1. The zero-order valence-electron chi connectivity index (χ0n) is 7.67. The number of hydrogen-bond acceptors (Lipinski definition) is 4. The summed E-state index contributed by atoms with van der Waals surface area (Å²) in [5, 5.41) is 5.41. The van der Waals surface area contributed by atoms with Crippen molar-refractivity contribution in [3.05, 3.63) is 0 Å². The second kappa shape index (κ2) is 6.38. The predicted octanol–water partition coefficient (Wildman–Crippen LogP) is -2.48. The van der Waals surface area contributed by atoms with Crippen LogP contribution < -0.4 is 22.1 Å². The monoisotopic (exact) mass is 188 g/mol. The molecule has 0 spiro atoms. The number of rotatable bonds is 6. The third-order valence-electron chi connectivity index (χ3n) is 1.43. The number of nitrogens with two attached hydrogens (primary N) is 2. The molecule has 0 aromatic carbocycles. The Morgan fingerprint density at radius 3 is 2.46 bits per heavy atom. The number of hydrogen-bond donors (Lipinski definition) is 4. The van der Waals surface area contributed by atoms with Crippen LogP contribution in [-0.2, 0) is 9.59 Å². The van der Waals surface area contributed by atoms with Crippen LogP contribution in [0.1, 0.15) is 6.42 Å². The Bertz CT molecular complexity index is 183. The van der Waals surface area contributed by atoms with Crippen molar-refractivity contribution < 1.29 is 9.59 Å². The van der Waals surface area contributed by atoms with Gasteiger partial charge in [-0.15, -0.1) is 0 Å². The first-order valence-corrected chi connectivity index (χ1v) is 4.04. The molecule has 0 fully saturated rings. The maximum Gasteiger partial charge on any atom is 0.237 e. The van der Waals surface area contributed by atoms with Gasteiger partial charge in [0.2, 0.25) is 11.8 Å². The Balaban J connectivity index is 3.63. The van der Waals surface area contributed by atoms with E-state index in [4.69, 9.17) is 11.5 Å². The summed E-state index contributed by atoms with van der Waals surface area (Å²) >= 11 is 0.